The third-order valence-corrected chi connectivity index (χ3v) is 8.20. The van der Waals surface area contributed by atoms with Crippen LogP contribution in [0.5, 0.6) is 5.75 Å². The Hall–Kier alpha value is -3.36. The first-order valence-electron chi connectivity index (χ1n) is 11.7. The fraction of sp³-hybridized carbons (Fsp3) is 0.250. The fourth-order valence-electron chi connectivity index (χ4n) is 4.66. The van der Waals surface area contributed by atoms with Gasteiger partial charge in [-0.2, -0.15) is 0 Å². The quantitative estimate of drug-likeness (QED) is 0.488. The molecule has 8 heteroatoms. The SMILES string of the molecule is Cc1ccc(C2=C(c3cc(F)cc(F)c3)c3ccc(OCCN4CCS(=O)(=O)CC4)cc3C2=O)cc1. The van der Waals surface area contributed by atoms with E-state index >= 15 is 0 Å². The third kappa shape index (κ3) is 4.96. The number of sulfone groups is 1. The number of nitrogens with zero attached hydrogens (tertiary/aromatic N) is 1. The molecule has 0 saturated carbocycles. The van der Waals surface area contributed by atoms with Gasteiger partial charge in [0.2, 0.25) is 0 Å². The number of rotatable bonds is 6. The Morgan fingerprint density at radius 3 is 2.17 bits per heavy atom. The van der Waals surface area contributed by atoms with Gasteiger partial charge in [0.05, 0.1) is 11.5 Å². The second-order valence-corrected chi connectivity index (χ2v) is 11.5. The second-order valence-electron chi connectivity index (χ2n) is 9.15. The summed E-state index contributed by atoms with van der Waals surface area (Å²) in [6.07, 6.45) is 0. The van der Waals surface area contributed by atoms with Crippen molar-refractivity contribution in [3.8, 4) is 5.75 Å². The van der Waals surface area contributed by atoms with Gasteiger partial charge in [-0.3, -0.25) is 9.69 Å². The van der Waals surface area contributed by atoms with Gasteiger partial charge in [-0.1, -0.05) is 29.8 Å². The van der Waals surface area contributed by atoms with E-state index in [4.69, 9.17) is 4.74 Å². The highest BCUT2D eigenvalue weighted by Crippen LogP contribution is 2.43. The van der Waals surface area contributed by atoms with Crippen LogP contribution in [0.25, 0.3) is 11.1 Å². The van der Waals surface area contributed by atoms with Crippen molar-refractivity contribution in [2.75, 3.05) is 37.7 Å². The maximum atomic E-state index is 14.1. The Balaban J connectivity index is 1.44. The Morgan fingerprint density at radius 2 is 1.50 bits per heavy atom. The van der Waals surface area contributed by atoms with E-state index in [1.165, 1.54) is 12.1 Å². The minimum absolute atomic E-state index is 0.150. The van der Waals surface area contributed by atoms with E-state index in [1.54, 1.807) is 18.2 Å². The lowest BCUT2D eigenvalue weighted by Crippen LogP contribution is -2.42. The first-order valence-corrected chi connectivity index (χ1v) is 13.5. The molecule has 36 heavy (non-hydrogen) atoms. The summed E-state index contributed by atoms with van der Waals surface area (Å²) < 4.78 is 57.4. The Labute approximate surface area is 208 Å². The van der Waals surface area contributed by atoms with Crippen LogP contribution >= 0.6 is 0 Å². The number of Topliss-reactive ketones (excluding diaryl/α,β-unsaturated/α-hetero) is 1. The molecule has 0 radical (unpaired) electrons. The molecule has 1 fully saturated rings. The summed E-state index contributed by atoms with van der Waals surface area (Å²) in [5.74, 6) is -0.866. The van der Waals surface area contributed by atoms with E-state index < -0.39 is 21.5 Å². The van der Waals surface area contributed by atoms with Crippen LogP contribution in [0.2, 0.25) is 0 Å². The fourth-order valence-corrected chi connectivity index (χ4v) is 5.94. The smallest absolute Gasteiger partial charge is 0.195 e. The lowest BCUT2D eigenvalue weighted by molar-refractivity contribution is 0.105. The summed E-state index contributed by atoms with van der Waals surface area (Å²) in [7, 11) is -2.94. The van der Waals surface area contributed by atoms with E-state index in [-0.39, 0.29) is 17.3 Å². The van der Waals surface area contributed by atoms with Crippen LogP contribution < -0.4 is 4.74 Å². The van der Waals surface area contributed by atoms with Crippen LogP contribution in [0.1, 0.15) is 32.6 Å². The van der Waals surface area contributed by atoms with Gasteiger partial charge in [-0.05, 0) is 53.9 Å². The first-order chi connectivity index (χ1) is 17.2. The molecule has 0 amide bonds. The van der Waals surface area contributed by atoms with Crippen molar-refractivity contribution in [2.24, 2.45) is 0 Å². The number of hydrogen-bond acceptors (Lipinski definition) is 5. The summed E-state index contributed by atoms with van der Waals surface area (Å²) in [5.41, 5.74) is 3.87. The zero-order valence-corrected chi connectivity index (χ0v) is 20.6. The molecular formula is C28H25F2NO4S. The highest BCUT2D eigenvalue weighted by atomic mass is 32.2. The first kappa shape index (κ1) is 24.3. The molecular weight excluding hydrogens is 484 g/mol. The number of aryl methyl sites for hydroxylation is 1. The van der Waals surface area contributed by atoms with Gasteiger partial charge < -0.3 is 4.74 Å². The zero-order valence-electron chi connectivity index (χ0n) is 19.8. The summed E-state index contributed by atoms with van der Waals surface area (Å²) in [4.78, 5) is 15.6. The predicted octanol–water partition coefficient (Wildman–Crippen LogP) is 4.54. The van der Waals surface area contributed by atoms with E-state index in [0.717, 1.165) is 11.6 Å². The van der Waals surface area contributed by atoms with Crippen molar-refractivity contribution < 1.29 is 26.7 Å². The lowest BCUT2D eigenvalue weighted by atomic mass is 9.93. The zero-order chi connectivity index (χ0) is 25.4. The molecule has 1 aliphatic heterocycles. The number of benzene rings is 3. The average Bonchev–Trinajstić information content (AvgIpc) is 3.12. The molecule has 3 aromatic carbocycles. The molecule has 2 aliphatic rings. The van der Waals surface area contributed by atoms with Gasteiger partial charge in [0, 0.05) is 42.4 Å². The minimum Gasteiger partial charge on any atom is -0.492 e. The highest BCUT2D eigenvalue weighted by Gasteiger charge is 2.32. The topological polar surface area (TPSA) is 63.7 Å². The van der Waals surface area contributed by atoms with E-state index in [1.807, 2.05) is 36.1 Å². The van der Waals surface area contributed by atoms with Gasteiger partial charge in [0.25, 0.3) is 0 Å². The van der Waals surface area contributed by atoms with Crippen LogP contribution in [0.3, 0.4) is 0 Å². The van der Waals surface area contributed by atoms with Crippen molar-refractivity contribution >= 4 is 26.8 Å². The molecule has 0 unspecified atom stereocenters. The molecule has 0 spiro atoms. The Morgan fingerprint density at radius 1 is 0.833 bits per heavy atom. The second kappa shape index (κ2) is 9.59. The van der Waals surface area contributed by atoms with Crippen molar-refractivity contribution in [3.63, 3.8) is 0 Å². The Bertz CT molecular complexity index is 1450. The Kier molecular flexibility index (Phi) is 6.49. The highest BCUT2D eigenvalue weighted by molar-refractivity contribution is 7.91. The van der Waals surface area contributed by atoms with Crippen LogP contribution in [0.15, 0.2) is 60.7 Å². The number of carbonyl (C=O) groups is 1. The lowest BCUT2D eigenvalue weighted by Gasteiger charge is -2.26. The molecule has 5 nitrogen and oxygen atoms in total. The molecule has 1 saturated heterocycles. The van der Waals surface area contributed by atoms with Crippen molar-refractivity contribution in [1.29, 1.82) is 0 Å². The number of halogens is 2. The van der Waals surface area contributed by atoms with Crippen LogP contribution in [-0.2, 0) is 9.84 Å². The van der Waals surface area contributed by atoms with Gasteiger partial charge in [0.15, 0.2) is 15.6 Å². The van der Waals surface area contributed by atoms with Crippen molar-refractivity contribution in [3.05, 3.63) is 100 Å². The normalized spacial score (nSPS) is 17.4. The largest absolute Gasteiger partial charge is 0.492 e. The number of fused-ring (bicyclic) bond motifs is 1. The van der Waals surface area contributed by atoms with Crippen LogP contribution in [0, 0.1) is 18.6 Å². The number of hydrogen-bond donors (Lipinski definition) is 0. The van der Waals surface area contributed by atoms with E-state index in [2.05, 4.69) is 0 Å². The molecule has 1 heterocycles. The molecule has 186 valence electrons. The summed E-state index contributed by atoms with van der Waals surface area (Å²) in [5, 5.41) is 0. The number of ether oxygens (including phenoxy) is 1. The van der Waals surface area contributed by atoms with Crippen molar-refractivity contribution in [2.45, 2.75) is 6.92 Å². The monoisotopic (exact) mass is 509 g/mol. The summed E-state index contributed by atoms with van der Waals surface area (Å²) in [6.45, 7) is 3.81. The molecule has 5 rings (SSSR count). The molecule has 0 N–H and O–H groups in total. The number of allylic oxidation sites excluding steroid dienone is 1. The van der Waals surface area contributed by atoms with Gasteiger partial charge in [-0.25, -0.2) is 17.2 Å². The summed E-state index contributed by atoms with van der Waals surface area (Å²) >= 11 is 0. The number of ketones is 1. The van der Waals surface area contributed by atoms with Gasteiger partial charge >= 0.3 is 0 Å². The summed E-state index contributed by atoms with van der Waals surface area (Å²) in [6, 6.07) is 15.9. The maximum Gasteiger partial charge on any atom is 0.195 e. The van der Waals surface area contributed by atoms with Crippen molar-refractivity contribution in [1.82, 2.24) is 4.90 Å². The average molecular weight is 510 g/mol. The van der Waals surface area contributed by atoms with E-state index in [9.17, 15) is 22.0 Å². The molecule has 0 bridgehead atoms. The molecule has 3 aromatic rings. The van der Waals surface area contributed by atoms with E-state index in [0.29, 0.717) is 65.4 Å². The van der Waals surface area contributed by atoms with Crippen LogP contribution in [-0.4, -0.2) is 56.8 Å². The molecule has 1 aliphatic carbocycles. The van der Waals surface area contributed by atoms with Gasteiger partial charge in [0.1, 0.15) is 24.0 Å². The standard InChI is InChI=1S/C28H25F2NO4S/c1-18-2-4-19(5-3-18)27-26(20-14-21(29)16-22(30)15-20)24-7-6-23(17-25(24)28(27)32)35-11-8-31-9-12-36(33,34)13-10-31/h2-7,14-17H,8-13H2,1H3. The maximum absolute atomic E-state index is 14.1. The number of carbonyl (C=O) groups excluding carboxylic acids is 1. The third-order valence-electron chi connectivity index (χ3n) is 6.59. The predicted molar refractivity (Wildman–Crippen MR) is 135 cm³/mol. The molecule has 0 aromatic heterocycles. The minimum atomic E-state index is -2.94. The van der Waals surface area contributed by atoms with Crippen LogP contribution in [0.4, 0.5) is 8.78 Å². The van der Waals surface area contributed by atoms with Gasteiger partial charge in [-0.15, -0.1) is 0 Å². The molecule has 0 atom stereocenters.